The van der Waals surface area contributed by atoms with Gasteiger partial charge in [0, 0.05) is 12.6 Å². The summed E-state index contributed by atoms with van der Waals surface area (Å²) in [4.78, 5) is 0. The van der Waals surface area contributed by atoms with Crippen molar-refractivity contribution >= 4 is 0 Å². The van der Waals surface area contributed by atoms with Crippen LogP contribution in [0.1, 0.15) is 25.3 Å². The molecule has 1 aliphatic carbocycles. The van der Waals surface area contributed by atoms with Crippen molar-refractivity contribution < 1.29 is 9.47 Å². The van der Waals surface area contributed by atoms with Gasteiger partial charge in [-0.3, -0.25) is 0 Å². The van der Waals surface area contributed by atoms with Crippen LogP contribution in [-0.4, -0.2) is 24.9 Å². The second-order valence-electron chi connectivity index (χ2n) is 4.57. The zero-order valence-corrected chi connectivity index (χ0v) is 10.3. The minimum Gasteiger partial charge on any atom is -0.374 e. The highest BCUT2D eigenvalue weighted by molar-refractivity contribution is 5.13. The lowest BCUT2D eigenvalue weighted by molar-refractivity contribution is -0.144. The number of ether oxygens (including phenoxy) is 2. The van der Waals surface area contributed by atoms with Gasteiger partial charge in [0.25, 0.3) is 0 Å². The normalized spacial score (nSPS) is 27.8. The van der Waals surface area contributed by atoms with Crippen LogP contribution in [-0.2, 0) is 16.1 Å². The summed E-state index contributed by atoms with van der Waals surface area (Å²) in [6.07, 6.45) is 2.17. The van der Waals surface area contributed by atoms with Crippen LogP contribution in [0.5, 0.6) is 0 Å². The molecule has 0 amide bonds. The summed E-state index contributed by atoms with van der Waals surface area (Å²) in [5.41, 5.74) is 7.11. The minimum absolute atomic E-state index is 0.0821. The summed E-state index contributed by atoms with van der Waals surface area (Å²) in [6, 6.07) is 10.3. The van der Waals surface area contributed by atoms with Gasteiger partial charge >= 0.3 is 0 Å². The van der Waals surface area contributed by atoms with Crippen molar-refractivity contribution in [3.63, 3.8) is 0 Å². The van der Waals surface area contributed by atoms with Gasteiger partial charge in [-0.25, -0.2) is 0 Å². The molecule has 94 valence electrons. The van der Waals surface area contributed by atoms with Crippen molar-refractivity contribution in [2.45, 2.75) is 44.6 Å². The number of hydrogen-bond donors (Lipinski definition) is 1. The highest BCUT2D eigenvalue weighted by atomic mass is 16.5. The van der Waals surface area contributed by atoms with Crippen LogP contribution >= 0.6 is 0 Å². The van der Waals surface area contributed by atoms with Crippen molar-refractivity contribution in [1.29, 1.82) is 0 Å². The van der Waals surface area contributed by atoms with E-state index in [1.807, 2.05) is 18.2 Å². The summed E-state index contributed by atoms with van der Waals surface area (Å²) < 4.78 is 11.5. The first kappa shape index (κ1) is 12.6. The number of rotatable bonds is 6. The summed E-state index contributed by atoms with van der Waals surface area (Å²) in [6.45, 7) is 3.51. The zero-order chi connectivity index (χ0) is 12.1. The second kappa shape index (κ2) is 6.15. The molecule has 2 rings (SSSR count). The van der Waals surface area contributed by atoms with E-state index in [1.54, 1.807) is 0 Å². The van der Waals surface area contributed by atoms with E-state index in [0.29, 0.717) is 6.61 Å². The van der Waals surface area contributed by atoms with Crippen molar-refractivity contribution in [2.24, 2.45) is 5.73 Å². The fourth-order valence-electron chi connectivity index (χ4n) is 2.04. The molecule has 1 fully saturated rings. The maximum atomic E-state index is 5.92. The molecule has 17 heavy (non-hydrogen) atoms. The number of hydrogen-bond acceptors (Lipinski definition) is 3. The van der Waals surface area contributed by atoms with Crippen molar-refractivity contribution in [1.82, 2.24) is 0 Å². The molecule has 1 saturated carbocycles. The van der Waals surface area contributed by atoms with Gasteiger partial charge in [-0.05, 0) is 18.4 Å². The Hall–Kier alpha value is -0.900. The third kappa shape index (κ3) is 3.28. The Labute approximate surface area is 103 Å². The third-order valence-electron chi connectivity index (χ3n) is 3.11. The quantitative estimate of drug-likeness (QED) is 0.821. The molecule has 1 aromatic carbocycles. The van der Waals surface area contributed by atoms with Crippen molar-refractivity contribution in [3.8, 4) is 0 Å². The molecule has 2 N–H and O–H groups in total. The van der Waals surface area contributed by atoms with E-state index in [9.17, 15) is 0 Å². The van der Waals surface area contributed by atoms with E-state index < -0.39 is 0 Å². The maximum absolute atomic E-state index is 5.92. The number of nitrogens with two attached hydrogens (primary N) is 1. The second-order valence-corrected chi connectivity index (χ2v) is 4.57. The average Bonchev–Trinajstić information content (AvgIpc) is 2.36. The Balaban J connectivity index is 1.76. The van der Waals surface area contributed by atoms with Crippen LogP contribution in [0.4, 0.5) is 0 Å². The lowest BCUT2D eigenvalue weighted by atomic mass is 9.86. The van der Waals surface area contributed by atoms with Crippen molar-refractivity contribution in [3.05, 3.63) is 35.9 Å². The van der Waals surface area contributed by atoms with E-state index >= 15 is 0 Å². The van der Waals surface area contributed by atoms with E-state index in [0.717, 1.165) is 19.4 Å². The molecule has 3 atom stereocenters. The highest BCUT2D eigenvalue weighted by Crippen LogP contribution is 2.26. The third-order valence-corrected chi connectivity index (χ3v) is 3.11. The molecule has 1 aromatic rings. The molecule has 1 aliphatic rings. The lowest BCUT2D eigenvalue weighted by Gasteiger charge is -2.41. The van der Waals surface area contributed by atoms with E-state index in [1.165, 1.54) is 5.56 Å². The molecule has 3 nitrogen and oxygen atoms in total. The van der Waals surface area contributed by atoms with E-state index in [-0.39, 0.29) is 18.2 Å². The summed E-state index contributed by atoms with van der Waals surface area (Å²) in [5, 5.41) is 0. The first-order chi connectivity index (χ1) is 8.31. The Morgan fingerprint density at radius 3 is 2.65 bits per heavy atom. The SMILES string of the molecule is CCCOC1C(N)CC1OCc1ccccc1. The number of benzene rings is 1. The van der Waals surface area contributed by atoms with Gasteiger partial charge in [0.05, 0.1) is 18.8 Å². The monoisotopic (exact) mass is 235 g/mol. The molecule has 0 radical (unpaired) electrons. The van der Waals surface area contributed by atoms with E-state index in [4.69, 9.17) is 15.2 Å². The molecular formula is C14H21NO2. The van der Waals surface area contributed by atoms with Crippen LogP contribution < -0.4 is 5.73 Å². The molecule has 3 unspecified atom stereocenters. The molecule has 0 aromatic heterocycles. The van der Waals surface area contributed by atoms with Gasteiger partial charge in [0.15, 0.2) is 0 Å². The highest BCUT2D eigenvalue weighted by Gasteiger charge is 2.40. The zero-order valence-electron chi connectivity index (χ0n) is 10.3. The summed E-state index contributed by atoms with van der Waals surface area (Å²) in [5.74, 6) is 0. The molecular weight excluding hydrogens is 214 g/mol. The van der Waals surface area contributed by atoms with Gasteiger partial charge < -0.3 is 15.2 Å². The Morgan fingerprint density at radius 1 is 1.24 bits per heavy atom. The average molecular weight is 235 g/mol. The lowest BCUT2D eigenvalue weighted by Crippen LogP contribution is -2.58. The molecule has 0 bridgehead atoms. The minimum atomic E-state index is 0.0821. The summed E-state index contributed by atoms with van der Waals surface area (Å²) >= 11 is 0. The first-order valence-corrected chi connectivity index (χ1v) is 6.34. The van der Waals surface area contributed by atoms with Crippen LogP contribution in [0.2, 0.25) is 0 Å². The molecule has 0 spiro atoms. The Morgan fingerprint density at radius 2 is 2.00 bits per heavy atom. The molecule has 0 saturated heterocycles. The fourth-order valence-corrected chi connectivity index (χ4v) is 2.04. The Bertz CT molecular complexity index is 328. The molecule has 0 heterocycles. The van der Waals surface area contributed by atoms with E-state index in [2.05, 4.69) is 19.1 Å². The van der Waals surface area contributed by atoms with Gasteiger partial charge in [-0.2, -0.15) is 0 Å². The van der Waals surface area contributed by atoms with Crippen LogP contribution in [0, 0.1) is 0 Å². The molecule has 3 heteroatoms. The topological polar surface area (TPSA) is 44.5 Å². The smallest absolute Gasteiger partial charge is 0.0988 e. The predicted octanol–water partition coefficient (Wildman–Crippen LogP) is 2.10. The summed E-state index contributed by atoms with van der Waals surface area (Å²) in [7, 11) is 0. The fraction of sp³-hybridized carbons (Fsp3) is 0.571. The maximum Gasteiger partial charge on any atom is 0.0988 e. The Kier molecular flexibility index (Phi) is 4.54. The predicted molar refractivity (Wildman–Crippen MR) is 67.6 cm³/mol. The van der Waals surface area contributed by atoms with Crippen LogP contribution in [0.3, 0.4) is 0 Å². The van der Waals surface area contributed by atoms with Crippen LogP contribution in [0.15, 0.2) is 30.3 Å². The molecule has 0 aliphatic heterocycles. The largest absolute Gasteiger partial charge is 0.374 e. The first-order valence-electron chi connectivity index (χ1n) is 6.34. The van der Waals surface area contributed by atoms with Gasteiger partial charge in [0.1, 0.15) is 0 Å². The van der Waals surface area contributed by atoms with Gasteiger partial charge in [-0.1, -0.05) is 37.3 Å². The van der Waals surface area contributed by atoms with Crippen molar-refractivity contribution in [2.75, 3.05) is 6.61 Å². The standard InChI is InChI=1S/C14H21NO2/c1-2-8-16-14-12(15)9-13(14)17-10-11-6-4-3-5-7-11/h3-7,12-14H,2,8-10,15H2,1H3. The van der Waals surface area contributed by atoms with Crippen LogP contribution in [0.25, 0.3) is 0 Å². The van der Waals surface area contributed by atoms with Gasteiger partial charge in [-0.15, -0.1) is 0 Å². The van der Waals surface area contributed by atoms with Gasteiger partial charge in [0.2, 0.25) is 0 Å².